The molecule has 0 saturated carbocycles. The Kier molecular flexibility index (Phi) is 7.16. The van der Waals surface area contributed by atoms with E-state index in [0.717, 1.165) is 18.7 Å². The first-order valence-electron chi connectivity index (χ1n) is 10.4. The van der Waals surface area contributed by atoms with E-state index in [2.05, 4.69) is 15.0 Å². The van der Waals surface area contributed by atoms with E-state index in [9.17, 15) is 18.0 Å². The number of ether oxygens (including phenoxy) is 3. The summed E-state index contributed by atoms with van der Waals surface area (Å²) < 4.78 is 51.7. The van der Waals surface area contributed by atoms with Gasteiger partial charge in [-0.3, -0.25) is 14.6 Å². The molecule has 1 N–H and O–H groups in total. The minimum atomic E-state index is -4.70. The second-order valence-electron chi connectivity index (χ2n) is 7.77. The third-order valence-corrected chi connectivity index (χ3v) is 5.61. The number of hydrogen-bond acceptors (Lipinski definition) is 6. The molecule has 0 spiro atoms. The highest BCUT2D eigenvalue weighted by atomic mass is 35.5. The second-order valence-corrected chi connectivity index (χ2v) is 8.18. The Morgan fingerprint density at radius 1 is 1.00 bits per heavy atom. The topological polar surface area (TPSA) is 63.3 Å². The van der Waals surface area contributed by atoms with Crippen LogP contribution < -0.4 is 19.5 Å². The molecule has 33 heavy (non-hydrogen) atoms. The summed E-state index contributed by atoms with van der Waals surface area (Å²) in [7, 11) is 0. The number of nitrogens with one attached hydrogen (secondary N) is 1. The molecule has 1 amide bonds. The molecule has 2 aromatic rings. The number of nitrogens with zero attached hydrogens (tertiary/aromatic N) is 2. The number of amides is 1. The molecule has 0 bridgehead atoms. The molecular weight excluding hydrogens is 463 g/mol. The number of piperazine rings is 1. The lowest BCUT2D eigenvalue weighted by Gasteiger charge is -2.34. The molecule has 1 saturated heterocycles. The molecular formula is C22H23ClF3N3O4. The van der Waals surface area contributed by atoms with Crippen LogP contribution in [-0.2, 0) is 11.3 Å². The normalized spacial score (nSPS) is 17.0. The smallest absolute Gasteiger partial charge is 0.486 e. The van der Waals surface area contributed by atoms with Crippen LogP contribution in [0.4, 0.5) is 18.9 Å². The van der Waals surface area contributed by atoms with E-state index in [4.69, 9.17) is 21.1 Å². The van der Waals surface area contributed by atoms with Crippen molar-refractivity contribution in [3.05, 3.63) is 47.0 Å². The Bertz CT molecular complexity index is 980. The number of halogens is 4. The molecule has 178 valence electrons. The van der Waals surface area contributed by atoms with Gasteiger partial charge in [0.25, 0.3) is 0 Å². The van der Waals surface area contributed by atoms with Crippen LogP contribution in [0.1, 0.15) is 5.56 Å². The van der Waals surface area contributed by atoms with Crippen molar-refractivity contribution >= 4 is 23.2 Å². The van der Waals surface area contributed by atoms with Gasteiger partial charge in [-0.1, -0.05) is 23.7 Å². The largest absolute Gasteiger partial charge is 0.573 e. The molecule has 0 atom stereocenters. The molecule has 11 heteroatoms. The first-order valence-corrected chi connectivity index (χ1v) is 10.8. The molecule has 2 heterocycles. The summed E-state index contributed by atoms with van der Waals surface area (Å²) in [5, 5.41) is 3.21. The van der Waals surface area contributed by atoms with Crippen LogP contribution in [0.25, 0.3) is 0 Å². The SMILES string of the molecule is O=C(CN1CCN(Cc2ccc(OC(F)(F)F)cc2)CC1)Nc1cc2c(cc1Cl)OCCO2. The zero-order valence-corrected chi connectivity index (χ0v) is 18.4. The predicted molar refractivity (Wildman–Crippen MR) is 116 cm³/mol. The van der Waals surface area contributed by atoms with Gasteiger partial charge in [0.15, 0.2) is 11.5 Å². The number of carbonyl (C=O) groups excluding carboxylic acids is 1. The van der Waals surface area contributed by atoms with Crippen LogP contribution in [0.3, 0.4) is 0 Å². The first-order chi connectivity index (χ1) is 15.7. The first kappa shape index (κ1) is 23.5. The third kappa shape index (κ3) is 6.66. The van der Waals surface area contributed by atoms with Crippen molar-refractivity contribution in [1.29, 1.82) is 0 Å². The number of alkyl halides is 3. The molecule has 1 fully saturated rings. The molecule has 0 aromatic heterocycles. The van der Waals surface area contributed by atoms with E-state index in [0.29, 0.717) is 55.1 Å². The second kappa shape index (κ2) is 10.1. The molecule has 0 unspecified atom stereocenters. The lowest BCUT2D eigenvalue weighted by molar-refractivity contribution is -0.274. The van der Waals surface area contributed by atoms with Crippen LogP contribution in [0.15, 0.2) is 36.4 Å². The Balaban J connectivity index is 1.23. The van der Waals surface area contributed by atoms with Gasteiger partial charge >= 0.3 is 6.36 Å². The molecule has 7 nitrogen and oxygen atoms in total. The maximum absolute atomic E-state index is 12.5. The summed E-state index contributed by atoms with van der Waals surface area (Å²) in [6.45, 7) is 4.59. The highest BCUT2D eigenvalue weighted by Crippen LogP contribution is 2.38. The summed E-state index contributed by atoms with van der Waals surface area (Å²) in [5.41, 5.74) is 1.37. The van der Waals surface area contributed by atoms with Crippen LogP contribution in [0, 0.1) is 0 Å². The van der Waals surface area contributed by atoms with Gasteiger partial charge in [-0.15, -0.1) is 13.2 Å². The van der Waals surface area contributed by atoms with E-state index in [-0.39, 0.29) is 18.2 Å². The van der Waals surface area contributed by atoms with E-state index in [1.165, 1.54) is 12.1 Å². The number of carbonyl (C=O) groups is 1. The van der Waals surface area contributed by atoms with Crippen molar-refractivity contribution < 1.29 is 32.2 Å². The number of anilines is 1. The third-order valence-electron chi connectivity index (χ3n) is 5.30. The lowest BCUT2D eigenvalue weighted by atomic mass is 10.2. The van der Waals surface area contributed by atoms with Crippen molar-refractivity contribution in [3.63, 3.8) is 0 Å². The average molecular weight is 486 g/mol. The van der Waals surface area contributed by atoms with Crippen LogP contribution >= 0.6 is 11.6 Å². The van der Waals surface area contributed by atoms with Gasteiger partial charge in [-0.25, -0.2) is 0 Å². The minimum absolute atomic E-state index is 0.178. The Morgan fingerprint density at radius 3 is 2.24 bits per heavy atom. The van der Waals surface area contributed by atoms with Crippen molar-refractivity contribution in [3.8, 4) is 17.2 Å². The number of benzene rings is 2. The zero-order chi connectivity index (χ0) is 23.4. The van der Waals surface area contributed by atoms with Crippen LogP contribution in [-0.4, -0.2) is 68.0 Å². The van der Waals surface area contributed by atoms with Gasteiger partial charge in [0.2, 0.25) is 5.91 Å². The average Bonchev–Trinajstić information content (AvgIpc) is 2.76. The maximum Gasteiger partial charge on any atom is 0.573 e. The molecule has 2 aliphatic rings. The monoisotopic (exact) mass is 485 g/mol. The Morgan fingerprint density at radius 2 is 1.61 bits per heavy atom. The van der Waals surface area contributed by atoms with E-state index in [1.54, 1.807) is 24.3 Å². The van der Waals surface area contributed by atoms with Gasteiger partial charge in [0.1, 0.15) is 19.0 Å². The van der Waals surface area contributed by atoms with Crippen molar-refractivity contribution in [2.45, 2.75) is 12.9 Å². The van der Waals surface area contributed by atoms with E-state index in [1.807, 2.05) is 4.90 Å². The van der Waals surface area contributed by atoms with Crippen molar-refractivity contribution in [2.75, 3.05) is 51.3 Å². The summed E-state index contributed by atoms with van der Waals surface area (Å²) in [6, 6.07) is 9.17. The fourth-order valence-electron chi connectivity index (χ4n) is 3.71. The molecule has 0 aliphatic carbocycles. The van der Waals surface area contributed by atoms with Gasteiger partial charge in [0.05, 0.1) is 17.3 Å². The maximum atomic E-state index is 12.5. The van der Waals surface area contributed by atoms with Crippen LogP contribution in [0.2, 0.25) is 5.02 Å². The molecule has 2 aliphatic heterocycles. The molecule has 0 radical (unpaired) electrons. The quantitative estimate of drug-likeness (QED) is 0.672. The standard InChI is InChI=1S/C22H23ClF3N3O4/c23-17-11-19-20(32-10-9-31-19)12-18(17)27-21(30)14-29-7-5-28(6-8-29)13-15-1-3-16(4-2-15)33-22(24,25)26/h1-4,11-12H,5-10,13-14H2,(H,27,30). The van der Waals surface area contributed by atoms with Gasteiger partial charge in [0, 0.05) is 44.9 Å². The van der Waals surface area contributed by atoms with Gasteiger partial charge in [-0.05, 0) is 17.7 Å². The number of hydrogen-bond donors (Lipinski definition) is 1. The summed E-state index contributed by atoms with van der Waals surface area (Å²) >= 11 is 6.25. The van der Waals surface area contributed by atoms with Crippen LogP contribution in [0.5, 0.6) is 17.2 Å². The minimum Gasteiger partial charge on any atom is -0.486 e. The number of fused-ring (bicyclic) bond motifs is 1. The zero-order valence-electron chi connectivity index (χ0n) is 17.7. The van der Waals surface area contributed by atoms with Gasteiger partial charge < -0.3 is 19.5 Å². The fraction of sp³-hybridized carbons (Fsp3) is 0.409. The summed E-state index contributed by atoms with van der Waals surface area (Å²) in [6.07, 6.45) is -4.70. The molecule has 2 aromatic carbocycles. The number of rotatable bonds is 6. The lowest BCUT2D eigenvalue weighted by Crippen LogP contribution is -2.48. The Labute approximate surface area is 193 Å². The van der Waals surface area contributed by atoms with Crippen molar-refractivity contribution in [2.24, 2.45) is 0 Å². The molecule has 4 rings (SSSR count). The van der Waals surface area contributed by atoms with E-state index >= 15 is 0 Å². The van der Waals surface area contributed by atoms with Gasteiger partial charge in [-0.2, -0.15) is 0 Å². The van der Waals surface area contributed by atoms with Crippen molar-refractivity contribution in [1.82, 2.24) is 9.80 Å². The summed E-state index contributed by atoms with van der Waals surface area (Å²) in [5.74, 6) is 0.693. The summed E-state index contributed by atoms with van der Waals surface area (Å²) in [4.78, 5) is 16.7. The highest BCUT2D eigenvalue weighted by Gasteiger charge is 2.31. The predicted octanol–water partition coefficient (Wildman–Crippen LogP) is 3.77. The fourth-order valence-corrected chi connectivity index (χ4v) is 3.91. The highest BCUT2D eigenvalue weighted by molar-refractivity contribution is 6.34. The van der Waals surface area contributed by atoms with E-state index < -0.39 is 6.36 Å². The Hall–Kier alpha value is -2.69.